The maximum Gasteiger partial charge on any atom is 0.270 e. The summed E-state index contributed by atoms with van der Waals surface area (Å²) < 4.78 is 10.5. The zero-order chi connectivity index (χ0) is 24.1. The van der Waals surface area contributed by atoms with Crippen LogP contribution in [0.1, 0.15) is 21.5 Å². The second-order valence-corrected chi connectivity index (χ2v) is 7.81. The van der Waals surface area contributed by atoms with Crippen molar-refractivity contribution in [1.82, 2.24) is 15.8 Å². The van der Waals surface area contributed by atoms with Crippen molar-refractivity contribution in [3.63, 3.8) is 0 Å². The van der Waals surface area contributed by atoms with Gasteiger partial charge in [-0.1, -0.05) is 54.1 Å². The number of nitrogens with zero attached hydrogens (tertiary/aromatic N) is 1. The number of carbonyl (C=O) groups excluding carboxylic acids is 2. The average molecular weight is 456 g/mol. The number of para-hydroxylation sites is 1. The molecule has 34 heavy (non-hydrogen) atoms. The Labute approximate surface area is 197 Å². The van der Waals surface area contributed by atoms with E-state index in [1.165, 1.54) is 7.11 Å². The number of fused-ring (bicyclic) bond motifs is 1. The van der Waals surface area contributed by atoms with E-state index in [0.717, 1.165) is 16.7 Å². The molecule has 7 nitrogen and oxygen atoms in total. The first kappa shape index (κ1) is 22.8. The number of carbonyl (C=O) groups is 2. The highest BCUT2D eigenvalue weighted by molar-refractivity contribution is 6.07. The molecule has 7 heteroatoms. The first-order chi connectivity index (χ1) is 16.5. The van der Waals surface area contributed by atoms with Gasteiger partial charge in [-0.3, -0.25) is 20.4 Å². The van der Waals surface area contributed by atoms with E-state index in [2.05, 4.69) is 10.9 Å². The molecule has 4 rings (SSSR count). The summed E-state index contributed by atoms with van der Waals surface area (Å²) in [6.45, 7) is 2.02. The SMILES string of the molecule is COc1ccc(CC(=O)NNC(=O)c2cc(-c3ccc(C)cc3)nc3ccccc23)cc1OC. The fourth-order valence-electron chi connectivity index (χ4n) is 3.65. The van der Waals surface area contributed by atoms with E-state index in [1.807, 2.05) is 55.5 Å². The fraction of sp³-hybridized carbons (Fsp3) is 0.148. The summed E-state index contributed by atoms with van der Waals surface area (Å²) in [5.74, 6) is 0.322. The Balaban J connectivity index is 1.52. The Morgan fingerprint density at radius 3 is 2.32 bits per heavy atom. The highest BCUT2D eigenvalue weighted by Gasteiger charge is 2.15. The van der Waals surface area contributed by atoms with Gasteiger partial charge in [-0.25, -0.2) is 4.98 Å². The van der Waals surface area contributed by atoms with Crippen molar-refractivity contribution in [2.24, 2.45) is 0 Å². The van der Waals surface area contributed by atoms with Crippen molar-refractivity contribution in [2.75, 3.05) is 14.2 Å². The lowest BCUT2D eigenvalue weighted by molar-refractivity contribution is -0.121. The molecule has 172 valence electrons. The van der Waals surface area contributed by atoms with Gasteiger partial charge in [0, 0.05) is 10.9 Å². The van der Waals surface area contributed by atoms with Gasteiger partial charge < -0.3 is 9.47 Å². The summed E-state index contributed by atoms with van der Waals surface area (Å²) >= 11 is 0. The molecule has 2 amide bonds. The second-order valence-electron chi connectivity index (χ2n) is 7.81. The third-order valence-electron chi connectivity index (χ3n) is 5.44. The van der Waals surface area contributed by atoms with Crippen molar-refractivity contribution in [1.29, 1.82) is 0 Å². The predicted octanol–water partition coefficient (Wildman–Crippen LogP) is 4.23. The fourth-order valence-corrected chi connectivity index (χ4v) is 3.65. The molecule has 0 saturated heterocycles. The van der Waals surface area contributed by atoms with Crippen LogP contribution in [0.25, 0.3) is 22.2 Å². The summed E-state index contributed by atoms with van der Waals surface area (Å²) in [7, 11) is 3.08. The van der Waals surface area contributed by atoms with Crippen LogP contribution in [0.5, 0.6) is 11.5 Å². The van der Waals surface area contributed by atoms with E-state index in [-0.39, 0.29) is 12.3 Å². The van der Waals surface area contributed by atoms with Crippen LogP contribution >= 0.6 is 0 Å². The molecular formula is C27H25N3O4. The molecule has 2 N–H and O–H groups in total. The number of nitrogens with one attached hydrogen (secondary N) is 2. The van der Waals surface area contributed by atoms with Gasteiger partial charge in [0.1, 0.15) is 0 Å². The van der Waals surface area contributed by atoms with Gasteiger partial charge in [0.15, 0.2) is 11.5 Å². The lowest BCUT2D eigenvalue weighted by atomic mass is 10.0. The maximum absolute atomic E-state index is 13.0. The lowest BCUT2D eigenvalue weighted by Gasteiger charge is -2.12. The van der Waals surface area contributed by atoms with E-state index in [9.17, 15) is 9.59 Å². The number of methoxy groups -OCH3 is 2. The molecule has 1 aromatic heterocycles. The summed E-state index contributed by atoms with van der Waals surface area (Å²) in [5, 5.41) is 0.699. The topological polar surface area (TPSA) is 89.6 Å². The van der Waals surface area contributed by atoms with Gasteiger partial charge >= 0.3 is 0 Å². The molecule has 0 spiro atoms. The Kier molecular flexibility index (Phi) is 6.73. The summed E-state index contributed by atoms with van der Waals surface area (Å²) in [5.41, 5.74) is 9.59. The van der Waals surface area contributed by atoms with E-state index in [1.54, 1.807) is 31.4 Å². The van der Waals surface area contributed by atoms with Crippen LogP contribution in [-0.4, -0.2) is 31.0 Å². The average Bonchev–Trinajstić information content (AvgIpc) is 2.87. The molecule has 0 aliphatic rings. The number of rotatable bonds is 6. The highest BCUT2D eigenvalue weighted by Crippen LogP contribution is 2.28. The van der Waals surface area contributed by atoms with Crippen LogP contribution < -0.4 is 20.3 Å². The molecule has 0 unspecified atom stereocenters. The first-order valence-corrected chi connectivity index (χ1v) is 10.8. The quantitative estimate of drug-likeness (QED) is 0.425. The van der Waals surface area contributed by atoms with E-state index in [4.69, 9.17) is 14.5 Å². The molecule has 4 aromatic rings. The number of pyridine rings is 1. The minimum Gasteiger partial charge on any atom is -0.493 e. The predicted molar refractivity (Wildman–Crippen MR) is 131 cm³/mol. The number of benzene rings is 3. The molecule has 0 fully saturated rings. The molecule has 3 aromatic carbocycles. The third kappa shape index (κ3) is 4.99. The molecule has 0 aliphatic heterocycles. The number of hydrazine groups is 1. The smallest absolute Gasteiger partial charge is 0.270 e. The Hall–Kier alpha value is -4.39. The van der Waals surface area contributed by atoms with Crippen molar-refractivity contribution < 1.29 is 19.1 Å². The second kappa shape index (κ2) is 10.0. The third-order valence-corrected chi connectivity index (χ3v) is 5.44. The summed E-state index contributed by atoms with van der Waals surface area (Å²) in [4.78, 5) is 30.2. The Bertz CT molecular complexity index is 1350. The van der Waals surface area contributed by atoms with Gasteiger partial charge in [0.05, 0.1) is 37.4 Å². The van der Waals surface area contributed by atoms with Gasteiger partial charge in [-0.2, -0.15) is 0 Å². The highest BCUT2D eigenvalue weighted by atomic mass is 16.5. The summed E-state index contributed by atoms with van der Waals surface area (Å²) in [6.07, 6.45) is 0.0618. The van der Waals surface area contributed by atoms with Gasteiger partial charge in [0.2, 0.25) is 5.91 Å². The van der Waals surface area contributed by atoms with Crippen LogP contribution in [0.3, 0.4) is 0 Å². The van der Waals surface area contributed by atoms with Crippen LogP contribution in [0.4, 0.5) is 0 Å². The van der Waals surface area contributed by atoms with Crippen molar-refractivity contribution in [2.45, 2.75) is 13.3 Å². The lowest BCUT2D eigenvalue weighted by Crippen LogP contribution is -2.42. The Morgan fingerprint density at radius 2 is 1.59 bits per heavy atom. The number of aromatic nitrogens is 1. The zero-order valence-corrected chi connectivity index (χ0v) is 19.2. The minimum atomic E-state index is -0.423. The molecule has 0 radical (unpaired) electrons. The number of hydrogen-bond donors (Lipinski definition) is 2. The maximum atomic E-state index is 13.0. The standard InChI is InChI=1S/C27H25N3O4/c1-17-8-11-19(12-9-17)23-16-21(20-6-4-5-7-22(20)28-23)27(32)30-29-26(31)15-18-10-13-24(33-2)25(14-18)34-3/h4-14,16H,15H2,1-3H3,(H,29,31)(H,30,32). The van der Waals surface area contributed by atoms with E-state index >= 15 is 0 Å². The van der Waals surface area contributed by atoms with Gasteiger partial charge in [-0.05, 0) is 36.8 Å². The minimum absolute atomic E-state index is 0.0618. The number of amides is 2. The monoisotopic (exact) mass is 455 g/mol. The number of ether oxygens (including phenoxy) is 2. The summed E-state index contributed by atoms with van der Waals surface area (Å²) in [6, 6.07) is 22.3. The van der Waals surface area contributed by atoms with Crippen LogP contribution in [0, 0.1) is 6.92 Å². The van der Waals surface area contributed by atoms with E-state index in [0.29, 0.717) is 33.7 Å². The molecule has 0 atom stereocenters. The molecule has 0 aliphatic carbocycles. The number of hydrogen-bond acceptors (Lipinski definition) is 5. The molecule has 0 saturated carbocycles. The molecular weight excluding hydrogens is 430 g/mol. The van der Waals surface area contributed by atoms with Crippen molar-refractivity contribution >= 4 is 22.7 Å². The van der Waals surface area contributed by atoms with Gasteiger partial charge in [0.25, 0.3) is 5.91 Å². The van der Waals surface area contributed by atoms with Crippen molar-refractivity contribution in [3.8, 4) is 22.8 Å². The van der Waals surface area contributed by atoms with Gasteiger partial charge in [-0.15, -0.1) is 0 Å². The normalized spacial score (nSPS) is 10.6. The van der Waals surface area contributed by atoms with E-state index < -0.39 is 5.91 Å². The van der Waals surface area contributed by atoms with Crippen LogP contribution in [-0.2, 0) is 11.2 Å². The molecule has 1 heterocycles. The van der Waals surface area contributed by atoms with Crippen LogP contribution in [0.15, 0.2) is 72.8 Å². The zero-order valence-electron chi connectivity index (χ0n) is 19.2. The largest absolute Gasteiger partial charge is 0.493 e. The first-order valence-electron chi connectivity index (χ1n) is 10.8. The van der Waals surface area contributed by atoms with Crippen molar-refractivity contribution in [3.05, 3.63) is 89.5 Å². The molecule has 0 bridgehead atoms. The van der Waals surface area contributed by atoms with Crippen LogP contribution in [0.2, 0.25) is 0 Å². The number of aryl methyl sites for hydroxylation is 1. The Morgan fingerprint density at radius 1 is 0.853 bits per heavy atom.